The highest BCUT2D eigenvalue weighted by atomic mass is 35.5. The van der Waals surface area contributed by atoms with Crippen molar-refractivity contribution in [2.45, 2.75) is 23.9 Å². The normalized spacial score (nSPS) is 11.7. The van der Waals surface area contributed by atoms with Gasteiger partial charge in [0.25, 0.3) is 0 Å². The Labute approximate surface area is 177 Å². The summed E-state index contributed by atoms with van der Waals surface area (Å²) in [5.74, 6) is 0.198. The van der Waals surface area contributed by atoms with Crippen LogP contribution >= 0.6 is 23.4 Å². The number of benzene rings is 2. The molecule has 0 aliphatic carbocycles. The second kappa shape index (κ2) is 9.58. The van der Waals surface area contributed by atoms with E-state index in [0.29, 0.717) is 22.5 Å². The summed E-state index contributed by atoms with van der Waals surface area (Å²) in [4.78, 5) is 23.7. The van der Waals surface area contributed by atoms with Gasteiger partial charge in [0.05, 0.1) is 16.8 Å². The maximum Gasteiger partial charge on any atom is 0.321 e. The minimum absolute atomic E-state index is 0.414. The van der Waals surface area contributed by atoms with E-state index in [-0.39, 0.29) is 0 Å². The van der Waals surface area contributed by atoms with Crippen LogP contribution in [0, 0.1) is 0 Å². The Kier molecular flexibility index (Phi) is 6.90. The van der Waals surface area contributed by atoms with Gasteiger partial charge in [-0.2, -0.15) is 0 Å². The first-order chi connectivity index (χ1) is 14.0. The van der Waals surface area contributed by atoms with E-state index < -0.39 is 17.2 Å². The molecule has 0 fully saturated rings. The highest BCUT2D eigenvalue weighted by molar-refractivity contribution is 8.00. The van der Waals surface area contributed by atoms with Crippen LogP contribution in [0.25, 0.3) is 11.4 Å². The molecular weight excluding hydrogens is 410 g/mol. The molecule has 2 N–H and O–H groups in total. The van der Waals surface area contributed by atoms with E-state index in [4.69, 9.17) is 11.6 Å². The van der Waals surface area contributed by atoms with Crippen LogP contribution < -0.4 is 10.6 Å². The van der Waals surface area contributed by atoms with Crippen molar-refractivity contribution >= 4 is 35.3 Å². The molecular formula is C20H20ClN5O2S. The van der Waals surface area contributed by atoms with Crippen molar-refractivity contribution in [3.63, 3.8) is 0 Å². The van der Waals surface area contributed by atoms with E-state index >= 15 is 0 Å². The first kappa shape index (κ1) is 20.9. The van der Waals surface area contributed by atoms with E-state index in [2.05, 4.69) is 20.8 Å². The molecule has 0 spiro atoms. The van der Waals surface area contributed by atoms with Crippen molar-refractivity contribution < 1.29 is 9.59 Å². The summed E-state index contributed by atoms with van der Waals surface area (Å²) in [5, 5.41) is 13.8. The molecule has 0 saturated carbocycles. The highest BCUT2D eigenvalue weighted by Crippen LogP contribution is 2.31. The molecule has 7 nitrogen and oxygen atoms in total. The molecule has 2 aromatic carbocycles. The molecule has 0 aliphatic rings. The molecule has 0 radical (unpaired) electrons. The monoisotopic (exact) mass is 429 g/mol. The number of halogens is 1. The molecule has 9 heteroatoms. The Morgan fingerprint density at radius 2 is 1.79 bits per heavy atom. The molecule has 0 aliphatic heterocycles. The van der Waals surface area contributed by atoms with Crippen molar-refractivity contribution in [2.75, 3.05) is 7.05 Å². The van der Waals surface area contributed by atoms with E-state index in [1.807, 2.05) is 53.1 Å². The quantitative estimate of drug-likeness (QED) is 0.584. The van der Waals surface area contributed by atoms with Crippen LogP contribution in [0.1, 0.15) is 12.5 Å². The fraction of sp³-hybridized carbons (Fsp3) is 0.200. The average molecular weight is 430 g/mol. The molecule has 3 aromatic rings. The molecule has 0 saturated heterocycles. The summed E-state index contributed by atoms with van der Waals surface area (Å²) >= 11 is 7.60. The minimum Gasteiger partial charge on any atom is -0.341 e. The first-order valence-corrected chi connectivity index (χ1v) is 10.2. The number of aromatic nitrogens is 3. The largest absolute Gasteiger partial charge is 0.341 e. The molecule has 3 amide bonds. The van der Waals surface area contributed by atoms with Gasteiger partial charge >= 0.3 is 6.03 Å². The molecule has 150 valence electrons. The number of thioether (sulfide) groups is 1. The van der Waals surface area contributed by atoms with Crippen LogP contribution in [0.2, 0.25) is 5.02 Å². The van der Waals surface area contributed by atoms with Gasteiger partial charge in [-0.25, -0.2) is 4.79 Å². The smallest absolute Gasteiger partial charge is 0.321 e. The van der Waals surface area contributed by atoms with Gasteiger partial charge in [0.1, 0.15) is 0 Å². The Bertz CT molecular complexity index is 1010. The average Bonchev–Trinajstić information content (AvgIpc) is 3.10. The topological polar surface area (TPSA) is 88.9 Å². The summed E-state index contributed by atoms with van der Waals surface area (Å²) in [6.07, 6.45) is 0. The van der Waals surface area contributed by atoms with Crippen molar-refractivity contribution in [3.05, 3.63) is 65.2 Å². The Morgan fingerprint density at radius 3 is 2.48 bits per heavy atom. The lowest BCUT2D eigenvalue weighted by molar-refractivity contribution is -0.119. The second-order valence-corrected chi connectivity index (χ2v) is 7.90. The third kappa shape index (κ3) is 5.16. The highest BCUT2D eigenvalue weighted by Gasteiger charge is 2.22. The van der Waals surface area contributed by atoms with Crippen LogP contribution in [0.15, 0.2) is 59.8 Å². The first-order valence-electron chi connectivity index (χ1n) is 8.91. The zero-order valence-corrected chi connectivity index (χ0v) is 17.5. The summed E-state index contributed by atoms with van der Waals surface area (Å²) in [7, 11) is 1.45. The lowest BCUT2D eigenvalue weighted by atomic mass is 10.2. The van der Waals surface area contributed by atoms with Gasteiger partial charge in [0.15, 0.2) is 11.0 Å². The Hall–Kier alpha value is -2.84. The van der Waals surface area contributed by atoms with Gasteiger partial charge in [-0.15, -0.1) is 10.2 Å². The molecule has 1 atom stereocenters. The maximum absolute atomic E-state index is 12.2. The summed E-state index contributed by atoms with van der Waals surface area (Å²) < 4.78 is 1.92. The number of hydrogen-bond donors (Lipinski definition) is 2. The van der Waals surface area contributed by atoms with Crippen LogP contribution in [0.4, 0.5) is 4.79 Å². The van der Waals surface area contributed by atoms with E-state index in [1.165, 1.54) is 18.8 Å². The Balaban J connectivity index is 1.93. The number of hydrogen-bond acceptors (Lipinski definition) is 5. The second-order valence-electron chi connectivity index (χ2n) is 6.19. The van der Waals surface area contributed by atoms with Gasteiger partial charge in [0, 0.05) is 12.6 Å². The minimum atomic E-state index is -0.551. The molecule has 1 heterocycles. The van der Waals surface area contributed by atoms with Crippen molar-refractivity contribution in [3.8, 4) is 11.4 Å². The van der Waals surface area contributed by atoms with Crippen molar-refractivity contribution in [1.82, 2.24) is 25.4 Å². The van der Waals surface area contributed by atoms with Gasteiger partial charge in [0.2, 0.25) is 5.91 Å². The van der Waals surface area contributed by atoms with Crippen LogP contribution in [-0.4, -0.2) is 39.0 Å². The number of rotatable bonds is 6. The zero-order chi connectivity index (χ0) is 20.8. The SMILES string of the molecule is CNC(=O)NC(=O)[C@@H](C)Sc1nnc(-c2ccccc2Cl)n1Cc1ccccc1. The third-order valence-electron chi connectivity index (χ3n) is 4.13. The van der Waals surface area contributed by atoms with E-state index in [1.54, 1.807) is 13.0 Å². The van der Waals surface area contributed by atoms with Gasteiger partial charge in [-0.05, 0) is 24.6 Å². The van der Waals surface area contributed by atoms with Crippen LogP contribution in [-0.2, 0) is 11.3 Å². The van der Waals surface area contributed by atoms with Gasteiger partial charge in [-0.3, -0.25) is 14.7 Å². The molecule has 29 heavy (non-hydrogen) atoms. The van der Waals surface area contributed by atoms with Crippen molar-refractivity contribution in [2.24, 2.45) is 0 Å². The van der Waals surface area contributed by atoms with Gasteiger partial charge < -0.3 is 5.32 Å². The Morgan fingerprint density at radius 1 is 1.10 bits per heavy atom. The standard InChI is InChI=1S/C20H20ClN5O2S/c1-13(18(27)23-19(28)22-2)29-20-25-24-17(15-10-6-7-11-16(15)21)26(20)12-14-8-4-3-5-9-14/h3-11,13H,12H2,1-2H3,(H2,22,23,27,28)/t13-/m1/s1. The lowest BCUT2D eigenvalue weighted by Crippen LogP contribution is -2.41. The van der Waals surface area contributed by atoms with Crippen LogP contribution in [0.5, 0.6) is 0 Å². The number of nitrogens with zero attached hydrogens (tertiary/aromatic N) is 3. The molecule has 0 unspecified atom stereocenters. The molecule has 3 rings (SSSR count). The number of amides is 3. The fourth-order valence-electron chi connectivity index (χ4n) is 2.61. The summed E-state index contributed by atoms with van der Waals surface area (Å²) in [5.41, 5.74) is 1.82. The van der Waals surface area contributed by atoms with Crippen molar-refractivity contribution in [1.29, 1.82) is 0 Å². The number of carbonyl (C=O) groups excluding carboxylic acids is 2. The fourth-order valence-corrected chi connectivity index (χ4v) is 3.68. The predicted octanol–water partition coefficient (Wildman–Crippen LogP) is 3.58. The number of nitrogens with one attached hydrogen (secondary N) is 2. The lowest BCUT2D eigenvalue weighted by Gasteiger charge is -2.14. The maximum atomic E-state index is 12.2. The van der Waals surface area contributed by atoms with E-state index in [0.717, 1.165) is 11.1 Å². The predicted molar refractivity (Wildman–Crippen MR) is 114 cm³/mol. The van der Waals surface area contributed by atoms with Crippen LogP contribution in [0.3, 0.4) is 0 Å². The number of imide groups is 1. The number of carbonyl (C=O) groups is 2. The summed E-state index contributed by atoms with van der Waals surface area (Å²) in [6, 6.07) is 16.7. The third-order valence-corrected chi connectivity index (χ3v) is 5.54. The zero-order valence-electron chi connectivity index (χ0n) is 15.9. The molecule has 1 aromatic heterocycles. The van der Waals surface area contributed by atoms with E-state index in [9.17, 15) is 9.59 Å². The number of urea groups is 1. The van der Waals surface area contributed by atoms with Gasteiger partial charge in [-0.1, -0.05) is 65.8 Å². The summed E-state index contributed by atoms with van der Waals surface area (Å²) in [6.45, 7) is 2.22. The molecule has 0 bridgehead atoms.